The van der Waals surface area contributed by atoms with E-state index in [1.165, 1.54) is 6.33 Å². The predicted molar refractivity (Wildman–Crippen MR) is 80.2 cm³/mol. The van der Waals surface area contributed by atoms with Gasteiger partial charge < -0.3 is 14.4 Å². The molecule has 0 amide bonds. The fraction of sp³-hybridized carbons (Fsp3) is 0.267. The first-order valence-electron chi connectivity index (χ1n) is 6.98. The van der Waals surface area contributed by atoms with Crippen molar-refractivity contribution < 1.29 is 9.47 Å². The Morgan fingerprint density at radius 2 is 2.09 bits per heavy atom. The van der Waals surface area contributed by atoms with Gasteiger partial charge in [0.2, 0.25) is 6.79 Å². The van der Waals surface area contributed by atoms with Crippen LogP contribution in [0.4, 0.5) is 5.82 Å². The minimum absolute atomic E-state index is 0.289. The monoisotopic (exact) mass is 297 g/mol. The van der Waals surface area contributed by atoms with E-state index in [0.717, 1.165) is 35.1 Å². The Morgan fingerprint density at radius 3 is 3.00 bits per heavy atom. The molecule has 0 radical (unpaired) electrons. The van der Waals surface area contributed by atoms with Gasteiger partial charge in [-0.1, -0.05) is 6.07 Å². The molecule has 7 nitrogen and oxygen atoms in total. The third kappa shape index (κ3) is 2.11. The summed E-state index contributed by atoms with van der Waals surface area (Å²) >= 11 is 0. The molecule has 3 heterocycles. The fourth-order valence-corrected chi connectivity index (χ4v) is 2.58. The number of hydrogen-bond acceptors (Lipinski definition) is 6. The molecule has 0 bridgehead atoms. The summed E-state index contributed by atoms with van der Waals surface area (Å²) in [5, 5.41) is 4.24. The number of hydrogen-bond donors (Lipinski definition) is 0. The summed E-state index contributed by atoms with van der Waals surface area (Å²) in [6, 6.07) is 7.98. The lowest BCUT2D eigenvalue weighted by Gasteiger charge is -2.20. The second-order valence-electron chi connectivity index (χ2n) is 5.27. The molecular weight excluding hydrogens is 282 g/mol. The highest BCUT2D eigenvalue weighted by Crippen LogP contribution is 2.33. The highest BCUT2D eigenvalue weighted by Gasteiger charge is 2.15. The van der Waals surface area contributed by atoms with Crippen molar-refractivity contribution >= 4 is 11.6 Å². The smallest absolute Gasteiger partial charge is 0.254 e. The molecular formula is C15H15N5O2. The number of fused-ring (bicyclic) bond motifs is 2. The quantitative estimate of drug-likeness (QED) is 0.734. The zero-order chi connectivity index (χ0) is 15.1. The fourth-order valence-electron chi connectivity index (χ4n) is 2.58. The predicted octanol–water partition coefficient (Wildman–Crippen LogP) is 1.80. The molecule has 0 saturated heterocycles. The van der Waals surface area contributed by atoms with Gasteiger partial charge in [0.05, 0.1) is 0 Å². The summed E-state index contributed by atoms with van der Waals surface area (Å²) in [7, 11) is 2.01. The Hall–Kier alpha value is -2.83. The van der Waals surface area contributed by atoms with Crippen LogP contribution in [0.15, 0.2) is 30.6 Å². The molecule has 0 N–H and O–H groups in total. The maximum absolute atomic E-state index is 5.43. The largest absolute Gasteiger partial charge is 0.454 e. The van der Waals surface area contributed by atoms with Crippen molar-refractivity contribution in [2.24, 2.45) is 0 Å². The van der Waals surface area contributed by atoms with Crippen molar-refractivity contribution in [2.45, 2.75) is 13.5 Å². The molecule has 0 unspecified atom stereocenters. The van der Waals surface area contributed by atoms with Crippen LogP contribution in [-0.2, 0) is 6.54 Å². The molecule has 0 aliphatic carbocycles. The third-order valence-corrected chi connectivity index (χ3v) is 3.61. The molecule has 2 aromatic heterocycles. The van der Waals surface area contributed by atoms with E-state index in [4.69, 9.17) is 9.47 Å². The second kappa shape index (κ2) is 4.87. The van der Waals surface area contributed by atoms with E-state index in [0.29, 0.717) is 5.78 Å². The van der Waals surface area contributed by atoms with Crippen LogP contribution in [0.3, 0.4) is 0 Å². The standard InChI is InChI=1S/C15H15N5O2/c1-10-5-14(20-15(18-10)16-8-17-20)19(2)7-11-3-4-12-13(6-11)22-9-21-12/h3-6,8H,7,9H2,1-2H3. The van der Waals surface area contributed by atoms with Gasteiger partial charge in [-0.25, -0.2) is 4.98 Å². The maximum atomic E-state index is 5.43. The summed E-state index contributed by atoms with van der Waals surface area (Å²) in [4.78, 5) is 10.6. The van der Waals surface area contributed by atoms with Gasteiger partial charge in [0.1, 0.15) is 12.1 Å². The van der Waals surface area contributed by atoms with E-state index in [2.05, 4.69) is 20.0 Å². The molecule has 1 aromatic carbocycles. The van der Waals surface area contributed by atoms with E-state index in [1.54, 1.807) is 4.52 Å². The number of rotatable bonds is 3. The van der Waals surface area contributed by atoms with Crippen LogP contribution in [0.1, 0.15) is 11.3 Å². The van der Waals surface area contributed by atoms with E-state index in [-0.39, 0.29) is 6.79 Å². The zero-order valence-electron chi connectivity index (χ0n) is 12.4. The Bertz CT molecular complexity index is 845. The molecule has 0 spiro atoms. The van der Waals surface area contributed by atoms with Crippen molar-refractivity contribution in [2.75, 3.05) is 18.7 Å². The van der Waals surface area contributed by atoms with Crippen LogP contribution in [0.5, 0.6) is 11.5 Å². The Kier molecular flexibility index (Phi) is 2.85. The second-order valence-corrected chi connectivity index (χ2v) is 5.27. The van der Waals surface area contributed by atoms with E-state index < -0.39 is 0 Å². The first kappa shape index (κ1) is 12.9. The number of ether oxygens (including phenoxy) is 2. The Morgan fingerprint density at radius 1 is 1.23 bits per heavy atom. The van der Waals surface area contributed by atoms with E-state index >= 15 is 0 Å². The van der Waals surface area contributed by atoms with Gasteiger partial charge in [0.15, 0.2) is 11.5 Å². The van der Waals surface area contributed by atoms with Gasteiger partial charge in [-0.15, -0.1) is 0 Å². The van der Waals surface area contributed by atoms with Crippen molar-refractivity contribution in [1.29, 1.82) is 0 Å². The average molecular weight is 297 g/mol. The highest BCUT2D eigenvalue weighted by atomic mass is 16.7. The van der Waals surface area contributed by atoms with Crippen LogP contribution in [0.25, 0.3) is 5.78 Å². The van der Waals surface area contributed by atoms with Crippen LogP contribution >= 0.6 is 0 Å². The van der Waals surface area contributed by atoms with Crippen molar-refractivity contribution in [3.63, 3.8) is 0 Å². The maximum Gasteiger partial charge on any atom is 0.254 e. The van der Waals surface area contributed by atoms with E-state index in [1.807, 2.05) is 38.2 Å². The van der Waals surface area contributed by atoms with Crippen LogP contribution in [0, 0.1) is 6.92 Å². The number of benzene rings is 1. The molecule has 4 rings (SSSR count). The highest BCUT2D eigenvalue weighted by molar-refractivity contribution is 5.49. The van der Waals surface area contributed by atoms with Crippen molar-refractivity contribution in [3.05, 3.63) is 41.9 Å². The van der Waals surface area contributed by atoms with Crippen molar-refractivity contribution in [1.82, 2.24) is 19.6 Å². The lowest BCUT2D eigenvalue weighted by Crippen LogP contribution is -2.20. The molecule has 1 aliphatic heterocycles. The molecule has 22 heavy (non-hydrogen) atoms. The average Bonchev–Trinajstić information content (AvgIpc) is 3.13. The Balaban J connectivity index is 1.66. The molecule has 0 atom stereocenters. The number of aryl methyl sites for hydroxylation is 1. The number of aromatic nitrogens is 4. The lowest BCUT2D eigenvalue weighted by molar-refractivity contribution is 0.174. The van der Waals surface area contributed by atoms with Crippen LogP contribution in [-0.4, -0.2) is 33.4 Å². The van der Waals surface area contributed by atoms with Gasteiger partial charge in [-0.3, -0.25) is 0 Å². The van der Waals surface area contributed by atoms with Gasteiger partial charge >= 0.3 is 0 Å². The first-order valence-corrected chi connectivity index (χ1v) is 6.98. The van der Waals surface area contributed by atoms with E-state index in [9.17, 15) is 0 Å². The minimum atomic E-state index is 0.289. The van der Waals surface area contributed by atoms with Gasteiger partial charge in [0, 0.05) is 25.4 Å². The molecule has 1 aliphatic rings. The molecule has 0 fully saturated rings. The molecule has 7 heteroatoms. The number of anilines is 1. The molecule has 0 saturated carbocycles. The van der Waals surface area contributed by atoms with Crippen molar-refractivity contribution in [3.8, 4) is 11.5 Å². The normalized spacial score (nSPS) is 12.8. The Labute approximate surface area is 127 Å². The molecule has 112 valence electrons. The minimum Gasteiger partial charge on any atom is -0.454 e. The van der Waals surface area contributed by atoms with Gasteiger partial charge in [0.25, 0.3) is 5.78 Å². The third-order valence-electron chi connectivity index (χ3n) is 3.61. The summed E-state index contributed by atoms with van der Waals surface area (Å²) < 4.78 is 12.5. The summed E-state index contributed by atoms with van der Waals surface area (Å²) in [5.74, 6) is 3.14. The number of nitrogens with zero attached hydrogens (tertiary/aromatic N) is 5. The molecule has 3 aromatic rings. The summed E-state index contributed by atoms with van der Waals surface area (Å²) in [6.45, 7) is 2.96. The first-order chi connectivity index (χ1) is 10.7. The lowest BCUT2D eigenvalue weighted by atomic mass is 10.2. The van der Waals surface area contributed by atoms with Crippen LogP contribution in [0.2, 0.25) is 0 Å². The van der Waals surface area contributed by atoms with Crippen LogP contribution < -0.4 is 14.4 Å². The van der Waals surface area contributed by atoms with Gasteiger partial charge in [-0.05, 0) is 24.6 Å². The zero-order valence-corrected chi connectivity index (χ0v) is 12.4. The summed E-state index contributed by atoms with van der Waals surface area (Å²) in [5.41, 5.74) is 2.04. The summed E-state index contributed by atoms with van der Waals surface area (Å²) in [6.07, 6.45) is 1.51. The SMILES string of the molecule is Cc1cc(N(C)Cc2ccc3c(c2)OCO3)n2ncnc2n1. The topological polar surface area (TPSA) is 64.8 Å². The van der Waals surface area contributed by atoms with Gasteiger partial charge in [-0.2, -0.15) is 14.6 Å².